The molecule has 4 aromatic rings. The molecule has 6 aliphatic rings. The average molecular weight is 1280 g/mol. The Kier molecular flexibility index (Phi) is 20.6. The predicted octanol–water partition coefficient (Wildman–Crippen LogP) is 11.9. The number of aliphatic carboxylic acids is 1. The van der Waals surface area contributed by atoms with Crippen LogP contribution in [-0.2, 0) is 33.3 Å². The fourth-order valence-electron chi connectivity index (χ4n) is 15.7. The highest BCUT2D eigenvalue weighted by molar-refractivity contribution is 6.90. The number of aromatic nitrogens is 3. The molecule has 0 aliphatic carbocycles. The Morgan fingerprint density at radius 3 is 2.25 bits per heavy atom. The number of methoxy groups -OCH3 is 1. The van der Waals surface area contributed by atoms with Gasteiger partial charge in [0.2, 0.25) is 11.8 Å². The molecule has 1 N–H and O–H groups in total. The fourth-order valence-corrected chi connectivity index (χ4v) is 20.9. The monoisotopic (exact) mass is 1280 g/mol. The van der Waals surface area contributed by atoms with Crippen LogP contribution in [0.2, 0.25) is 16.6 Å². The Labute approximate surface area is 536 Å². The van der Waals surface area contributed by atoms with Gasteiger partial charge < -0.3 is 48.2 Å². The van der Waals surface area contributed by atoms with E-state index in [2.05, 4.69) is 62.8 Å². The second-order valence-electron chi connectivity index (χ2n) is 29.1. The van der Waals surface area contributed by atoms with Crippen molar-refractivity contribution in [2.45, 2.75) is 231 Å². The van der Waals surface area contributed by atoms with E-state index in [-0.39, 0.29) is 113 Å². The zero-order chi connectivity index (χ0) is 65.4. The minimum Gasteiger partial charge on any atom is -0.480 e. The first kappa shape index (κ1) is 67.6. The van der Waals surface area contributed by atoms with Gasteiger partial charge in [-0.1, -0.05) is 74.3 Å². The second kappa shape index (κ2) is 27.8. The van der Waals surface area contributed by atoms with Crippen molar-refractivity contribution < 1.29 is 61.5 Å². The van der Waals surface area contributed by atoms with E-state index in [0.29, 0.717) is 86.1 Å². The summed E-state index contributed by atoms with van der Waals surface area (Å²) in [4.78, 5) is 79.5. The fraction of sp³-hybridized carbons (Fsp3) is 0.667. The van der Waals surface area contributed by atoms with Gasteiger partial charge in [-0.25, -0.2) is 18.4 Å². The van der Waals surface area contributed by atoms with Crippen LogP contribution in [0.15, 0.2) is 30.5 Å². The molecule has 10 rings (SSSR count). The maximum Gasteiger partial charge on any atom is 0.410 e. The largest absolute Gasteiger partial charge is 0.480 e. The number of halogens is 2. The Hall–Kier alpha value is -6.25. The molecule has 2 aromatic heterocycles. The van der Waals surface area contributed by atoms with E-state index in [1.54, 1.807) is 29.3 Å². The number of hydrogen-bond donors (Lipinski definition) is 1. The molecule has 91 heavy (non-hydrogen) atoms. The van der Waals surface area contributed by atoms with Crippen LogP contribution >= 0.6 is 0 Å². The lowest BCUT2D eigenvalue weighted by atomic mass is 9.83. The molecule has 2 bridgehead atoms. The van der Waals surface area contributed by atoms with Gasteiger partial charge >= 0.3 is 18.1 Å². The number of hydrogen-bond acceptors (Lipinski definition) is 15. The van der Waals surface area contributed by atoms with Gasteiger partial charge in [0.1, 0.15) is 61.0 Å². The van der Waals surface area contributed by atoms with Crippen LogP contribution < -0.4 is 14.4 Å². The number of piperazine rings is 1. The summed E-state index contributed by atoms with van der Waals surface area (Å²) in [7, 11) is -0.880. The summed E-state index contributed by atoms with van der Waals surface area (Å²) >= 11 is 0. The first-order valence-electron chi connectivity index (χ1n) is 33.2. The molecule has 19 nitrogen and oxygen atoms in total. The lowest BCUT2D eigenvalue weighted by Gasteiger charge is -2.42. The van der Waals surface area contributed by atoms with Crippen LogP contribution in [0.1, 0.15) is 166 Å². The van der Waals surface area contributed by atoms with Gasteiger partial charge in [0, 0.05) is 75.4 Å². The zero-order valence-corrected chi connectivity index (χ0v) is 56.7. The maximum absolute atomic E-state index is 18.3. The molecule has 0 radical (unpaired) electrons. The number of benzene rings is 2. The molecule has 6 aliphatic heterocycles. The predicted molar refractivity (Wildman–Crippen MR) is 346 cm³/mol. The summed E-state index contributed by atoms with van der Waals surface area (Å²) in [6, 6.07) is 3.75. The third-order valence-electron chi connectivity index (χ3n) is 19.8. The Balaban J connectivity index is 0.941. The van der Waals surface area contributed by atoms with E-state index >= 15 is 8.78 Å². The topological polar surface area (TPSA) is 199 Å². The number of anilines is 1. The summed E-state index contributed by atoms with van der Waals surface area (Å²) in [5.41, 5.74) is 3.39. The average Bonchev–Trinajstić information content (AvgIpc) is 1.48. The van der Waals surface area contributed by atoms with Crippen molar-refractivity contribution >= 4 is 59.4 Å². The van der Waals surface area contributed by atoms with Crippen molar-refractivity contribution in [2.75, 3.05) is 64.7 Å². The number of ether oxygens (including phenoxy) is 6. The van der Waals surface area contributed by atoms with Crippen molar-refractivity contribution in [3.05, 3.63) is 47.7 Å². The number of pyridine rings is 1. The summed E-state index contributed by atoms with van der Waals surface area (Å²) in [5, 5.41) is 11.7. The van der Waals surface area contributed by atoms with Crippen molar-refractivity contribution in [1.29, 1.82) is 0 Å². The highest BCUT2D eigenvalue weighted by atomic mass is 28.3. The SMILES string of the molecule is COCOc1cc(-c2ncc3c(N4CC5CCC(C4)N5C(=O)OC(C)(C)C)nc(OC[C@@H]4CCCN4CCCC4CCC(=O)N4[C@H](C(=O)N4C[C@H](OC5CCCCO5)C[C@H]4C(=O)O)C(C)(C)C)nc3c2F)c2c(C#C[Si](C(C)C)(C(C)C)C(C)C)c(F)ccc2c1. The highest BCUT2D eigenvalue weighted by Crippen LogP contribution is 2.44. The number of carbonyl (C=O) groups excluding carboxylic acids is 3. The number of carbonyl (C=O) groups is 4. The van der Waals surface area contributed by atoms with E-state index < -0.39 is 61.2 Å². The molecule has 496 valence electrons. The number of likely N-dealkylation sites (tertiary alicyclic amines) is 3. The van der Waals surface area contributed by atoms with Crippen molar-refractivity contribution in [3.63, 3.8) is 0 Å². The quantitative estimate of drug-likeness (QED) is 0.0497. The number of fused-ring (bicyclic) bond motifs is 4. The van der Waals surface area contributed by atoms with Gasteiger partial charge in [0.25, 0.3) is 0 Å². The summed E-state index contributed by atoms with van der Waals surface area (Å²) < 4.78 is 70.9. The smallest absolute Gasteiger partial charge is 0.410 e. The van der Waals surface area contributed by atoms with Gasteiger partial charge in [0.05, 0.1) is 29.1 Å². The summed E-state index contributed by atoms with van der Waals surface area (Å²) in [5.74, 6) is 1.22. The van der Waals surface area contributed by atoms with Crippen molar-refractivity contribution in [2.24, 2.45) is 5.41 Å². The standard InChI is InChI=1S/C69H96F2N8O11Si/c1-41(2)91(42(3)4,43(5)6)31-27-51-54(70)25-21-44-32-49(88-40-85-13)33-52(58(44)51)60-59(71)61-53(35-72-60)63(76-36-46-22-23-47(37-76)78(46)67(84)90-69(10,11)12)74-66(73-61)87-39-48-19-17-29-75(48)28-16-18-45-24-26-56(80)79(45)62(68(7,8)9)64(81)77-38-50(34-55(77)65(82)83)89-57-20-14-15-30-86-57/h21,25,32-33,35,41-43,45-48,50,55,57,62H,14-20,22-24,26,28-30,34,36-40H2,1-13H3,(H,82,83)/t45?,46?,47?,48-,50+,55-,57?,62+/m0/s1. The van der Waals surface area contributed by atoms with E-state index in [0.717, 1.165) is 45.1 Å². The molecule has 0 spiro atoms. The Morgan fingerprint density at radius 2 is 1.60 bits per heavy atom. The second-order valence-corrected chi connectivity index (χ2v) is 34.6. The van der Waals surface area contributed by atoms with Gasteiger partial charge in [0.15, 0.2) is 18.9 Å². The molecular weight excluding hydrogens is 1180 g/mol. The number of carboxylic acids is 1. The van der Waals surface area contributed by atoms with Crippen LogP contribution in [0.4, 0.5) is 19.4 Å². The first-order valence-corrected chi connectivity index (χ1v) is 35.4. The lowest BCUT2D eigenvalue weighted by Crippen LogP contribution is -2.59. The van der Waals surface area contributed by atoms with Crippen LogP contribution in [0, 0.1) is 28.5 Å². The zero-order valence-electron chi connectivity index (χ0n) is 55.7. The van der Waals surface area contributed by atoms with Crippen LogP contribution in [0.5, 0.6) is 11.8 Å². The van der Waals surface area contributed by atoms with Crippen molar-refractivity contribution in [3.8, 4) is 34.5 Å². The number of nitrogens with zero attached hydrogens (tertiary/aromatic N) is 8. The number of rotatable bonds is 20. The van der Waals surface area contributed by atoms with Gasteiger partial charge in [-0.15, -0.1) is 5.54 Å². The molecule has 8 atom stereocenters. The molecule has 4 unspecified atom stereocenters. The van der Waals surface area contributed by atoms with Gasteiger partial charge in [-0.3, -0.25) is 24.4 Å². The van der Waals surface area contributed by atoms with Gasteiger partial charge in [-0.05, 0) is 144 Å². The minimum absolute atomic E-state index is 0.0364. The minimum atomic E-state index is -2.39. The number of amides is 3. The molecule has 0 saturated carbocycles. The molecule has 6 saturated heterocycles. The highest BCUT2D eigenvalue weighted by Gasteiger charge is 2.52. The summed E-state index contributed by atoms with van der Waals surface area (Å²) in [6.07, 6.45) is 8.44. The molecule has 3 amide bonds. The Morgan fingerprint density at radius 1 is 0.879 bits per heavy atom. The van der Waals surface area contributed by atoms with Crippen LogP contribution in [-0.4, -0.2) is 186 Å². The molecule has 2 aromatic carbocycles. The normalized spacial score (nSPS) is 23.7. The van der Waals surface area contributed by atoms with Crippen molar-refractivity contribution in [1.82, 2.24) is 34.6 Å². The third-order valence-corrected chi connectivity index (χ3v) is 26.1. The maximum atomic E-state index is 18.3. The summed E-state index contributed by atoms with van der Waals surface area (Å²) in [6.45, 7) is 27.6. The van der Waals surface area contributed by atoms with E-state index in [9.17, 15) is 24.3 Å². The Bertz CT molecular complexity index is 3360. The molecule has 22 heteroatoms. The lowest BCUT2D eigenvalue weighted by molar-refractivity contribution is -0.185. The van der Waals surface area contributed by atoms with E-state index in [1.165, 1.54) is 18.1 Å². The van der Waals surface area contributed by atoms with Crippen LogP contribution in [0.3, 0.4) is 0 Å². The molecular formula is C69H96F2N8O11Si. The third kappa shape index (κ3) is 14.3. The van der Waals surface area contributed by atoms with Crippen LogP contribution in [0.25, 0.3) is 32.9 Å². The van der Waals surface area contributed by atoms with E-state index in [1.807, 2.05) is 46.4 Å². The first-order chi connectivity index (χ1) is 43.2. The molecule has 8 heterocycles. The van der Waals surface area contributed by atoms with E-state index in [4.69, 9.17) is 43.4 Å². The molecule has 6 fully saturated rings. The number of carboxylic acid groups (broad SMARTS) is 1. The van der Waals surface area contributed by atoms with Gasteiger partial charge in [-0.2, -0.15) is 9.97 Å².